The van der Waals surface area contributed by atoms with Gasteiger partial charge in [0.05, 0.1) is 19.4 Å². The highest BCUT2D eigenvalue weighted by molar-refractivity contribution is 5.53. The van der Waals surface area contributed by atoms with Gasteiger partial charge in [-0.05, 0) is 23.8 Å². The van der Waals surface area contributed by atoms with E-state index in [0.29, 0.717) is 0 Å². The Morgan fingerprint density at radius 2 is 2.05 bits per heavy atom. The fraction of sp³-hybridized carbons (Fsp3) is 0.375. The Morgan fingerprint density at radius 1 is 1.20 bits per heavy atom. The van der Waals surface area contributed by atoms with Crippen LogP contribution in [0.5, 0.6) is 0 Å². The van der Waals surface area contributed by atoms with Crippen LogP contribution in [0.4, 0.5) is 5.69 Å². The maximum absolute atomic E-state index is 5.40. The number of ether oxygens (including phenoxy) is 1. The highest BCUT2D eigenvalue weighted by Crippen LogP contribution is 2.21. The van der Waals surface area contributed by atoms with Crippen LogP contribution in [-0.2, 0) is 17.8 Å². The second kappa shape index (κ2) is 7.72. The van der Waals surface area contributed by atoms with Crippen molar-refractivity contribution in [2.75, 3.05) is 32.2 Å². The lowest BCUT2D eigenvalue weighted by molar-refractivity contribution is 0.199. The Morgan fingerprint density at radius 3 is 2.80 bits per heavy atom. The van der Waals surface area contributed by atoms with Crippen LogP contribution in [0.2, 0.25) is 0 Å². The first-order valence-corrected chi connectivity index (χ1v) is 6.82. The van der Waals surface area contributed by atoms with E-state index in [4.69, 9.17) is 9.15 Å². The van der Waals surface area contributed by atoms with Crippen molar-refractivity contribution in [3.8, 4) is 0 Å². The molecule has 0 aliphatic carbocycles. The van der Waals surface area contributed by atoms with E-state index < -0.39 is 0 Å². The minimum atomic E-state index is 0.727. The van der Waals surface area contributed by atoms with E-state index in [0.717, 1.165) is 32.0 Å². The van der Waals surface area contributed by atoms with Gasteiger partial charge < -0.3 is 19.4 Å². The van der Waals surface area contributed by atoms with E-state index in [1.165, 1.54) is 11.3 Å². The molecule has 0 unspecified atom stereocenters. The van der Waals surface area contributed by atoms with Crippen molar-refractivity contribution in [2.45, 2.75) is 13.1 Å². The average Bonchev–Trinajstić information content (AvgIpc) is 2.97. The largest absolute Gasteiger partial charge is 0.467 e. The standard InChI is InChI=1S/C16H22N2O2/c1-18(13-15-7-5-10-20-15)16-8-4-3-6-14(16)12-17-9-11-19-2/h3-8,10,17H,9,11-13H2,1-2H3. The molecule has 0 saturated heterocycles. The molecule has 1 aromatic carbocycles. The van der Waals surface area contributed by atoms with Crippen LogP contribution < -0.4 is 10.2 Å². The predicted molar refractivity (Wildman–Crippen MR) is 80.8 cm³/mol. The molecule has 0 amide bonds. The van der Waals surface area contributed by atoms with Gasteiger partial charge in [-0.1, -0.05) is 18.2 Å². The Balaban J connectivity index is 1.99. The van der Waals surface area contributed by atoms with E-state index in [2.05, 4.69) is 41.5 Å². The number of para-hydroxylation sites is 1. The van der Waals surface area contributed by atoms with E-state index in [1.54, 1.807) is 13.4 Å². The minimum Gasteiger partial charge on any atom is -0.467 e. The summed E-state index contributed by atoms with van der Waals surface area (Å²) in [5.74, 6) is 0.967. The van der Waals surface area contributed by atoms with Gasteiger partial charge in [0.25, 0.3) is 0 Å². The van der Waals surface area contributed by atoms with Crippen molar-refractivity contribution in [1.29, 1.82) is 0 Å². The summed E-state index contributed by atoms with van der Waals surface area (Å²) in [6, 6.07) is 12.3. The Kier molecular flexibility index (Phi) is 5.65. The smallest absolute Gasteiger partial charge is 0.123 e. The number of hydrogen-bond donors (Lipinski definition) is 1. The first kappa shape index (κ1) is 14.6. The summed E-state index contributed by atoms with van der Waals surface area (Å²) in [6.45, 7) is 3.18. The van der Waals surface area contributed by atoms with Crippen LogP contribution >= 0.6 is 0 Å². The van der Waals surface area contributed by atoms with Crippen molar-refractivity contribution in [3.63, 3.8) is 0 Å². The maximum Gasteiger partial charge on any atom is 0.123 e. The summed E-state index contributed by atoms with van der Waals surface area (Å²) in [4.78, 5) is 2.20. The molecule has 4 nitrogen and oxygen atoms in total. The molecule has 108 valence electrons. The Hall–Kier alpha value is -1.78. The second-order valence-corrected chi connectivity index (χ2v) is 4.73. The number of furan rings is 1. The van der Waals surface area contributed by atoms with Gasteiger partial charge in [-0.25, -0.2) is 0 Å². The molecule has 0 atom stereocenters. The summed E-state index contributed by atoms with van der Waals surface area (Å²) in [5.41, 5.74) is 2.49. The summed E-state index contributed by atoms with van der Waals surface area (Å²) >= 11 is 0. The number of anilines is 1. The van der Waals surface area contributed by atoms with Gasteiger partial charge in [0, 0.05) is 32.9 Å². The summed E-state index contributed by atoms with van der Waals surface area (Å²) in [7, 11) is 3.79. The van der Waals surface area contributed by atoms with Gasteiger partial charge in [0.15, 0.2) is 0 Å². The molecule has 0 aliphatic heterocycles. The summed E-state index contributed by atoms with van der Waals surface area (Å²) in [5, 5.41) is 3.38. The lowest BCUT2D eigenvalue weighted by Gasteiger charge is -2.21. The first-order chi connectivity index (χ1) is 9.81. The Bertz CT molecular complexity index is 497. The second-order valence-electron chi connectivity index (χ2n) is 4.73. The molecule has 0 spiro atoms. The minimum absolute atomic E-state index is 0.727. The molecule has 4 heteroatoms. The Labute approximate surface area is 120 Å². The van der Waals surface area contributed by atoms with Gasteiger partial charge in [0.1, 0.15) is 5.76 Å². The third-order valence-electron chi connectivity index (χ3n) is 3.17. The van der Waals surface area contributed by atoms with Crippen LogP contribution in [0.15, 0.2) is 47.1 Å². The molecule has 2 aromatic rings. The SMILES string of the molecule is COCCNCc1ccccc1N(C)Cc1ccco1. The predicted octanol–water partition coefficient (Wildman–Crippen LogP) is 2.65. The molecule has 1 aromatic heterocycles. The summed E-state index contributed by atoms with van der Waals surface area (Å²) < 4.78 is 10.4. The topological polar surface area (TPSA) is 37.6 Å². The van der Waals surface area contributed by atoms with Crippen molar-refractivity contribution < 1.29 is 9.15 Å². The van der Waals surface area contributed by atoms with Gasteiger partial charge in [-0.3, -0.25) is 0 Å². The molecule has 20 heavy (non-hydrogen) atoms. The van der Waals surface area contributed by atoms with E-state index in [9.17, 15) is 0 Å². The average molecular weight is 274 g/mol. The van der Waals surface area contributed by atoms with Gasteiger partial charge in [-0.15, -0.1) is 0 Å². The number of nitrogens with one attached hydrogen (secondary N) is 1. The fourth-order valence-corrected chi connectivity index (χ4v) is 2.15. The molecule has 0 aliphatic rings. The lowest BCUT2D eigenvalue weighted by Crippen LogP contribution is -2.22. The van der Waals surface area contributed by atoms with Gasteiger partial charge in [0.2, 0.25) is 0 Å². The van der Waals surface area contributed by atoms with Gasteiger partial charge >= 0.3 is 0 Å². The molecule has 0 radical (unpaired) electrons. The van der Waals surface area contributed by atoms with Crippen LogP contribution in [0, 0.1) is 0 Å². The summed E-state index contributed by atoms with van der Waals surface area (Å²) in [6.07, 6.45) is 1.71. The molecular weight excluding hydrogens is 252 g/mol. The fourth-order valence-electron chi connectivity index (χ4n) is 2.15. The maximum atomic E-state index is 5.40. The monoisotopic (exact) mass is 274 g/mol. The molecule has 1 N–H and O–H groups in total. The van der Waals surface area contributed by atoms with E-state index in [1.807, 2.05) is 12.1 Å². The highest BCUT2D eigenvalue weighted by Gasteiger charge is 2.08. The van der Waals surface area contributed by atoms with Gasteiger partial charge in [-0.2, -0.15) is 0 Å². The van der Waals surface area contributed by atoms with E-state index in [-0.39, 0.29) is 0 Å². The van der Waals surface area contributed by atoms with E-state index >= 15 is 0 Å². The third kappa shape index (κ3) is 4.11. The van der Waals surface area contributed by atoms with Crippen molar-refractivity contribution >= 4 is 5.69 Å². The lowest BCUT2D eigenvalue weighted by atomic mass is 10.1. The van der Waals surface area contributed by atoms with Crippen LogP contribution in [0.1, 0.15) is 11.3 Å². The molecule has 0 fully saturated rings. The van der Waals surface area contributed by atoms with Crippen molar-refractivity contribution in [1.82, 2.24) is 5.32 Å². The molecular formula is C16H22N2O2. The van der Waals surface area contributed by atoms with Crippen molar-refractivity contribution in [3.05, 3.63) is 54.0 Å². The molecule has 2 rings (SSSR count). The number of rotatable bonds is 8. The highest BCUT2D eigenvalue weighted by atomic mass is 16.5. The quantitative estimate of drug-likeness (QED) is 0.751. The number of benzene rings is 1. The molecule has 0 saturated carbocycles. The zero-order valence-electron chi connectivity index (χ0n) is 12.1. The molecule has 0 bridgehead atoms. The third-order valence-corrected chi connectivity index (χ3v) is 3.17. The van der Waals surface area contributed by atoms with Crippen LogP contribution in [0.25, 0.3) is 0 Å². The normalized spacial score (nSPS) is 10.7. The first-order valence-electron chi connectivity index (χ1n) is 6.82. The molecule has 1 heterocycles. The number of hydrogen-bond acceptors (Lipinski definition) is 4. The van der Waals surface area contributed by atoms with Crippen molar-refractivity contribution in [2.24, 2.45) is 0 Å². The van der Waals surface area contributed by atoms with Crippen LogP contribution in [-0.4, -0.2) is 27.3 Å². The zero-order valence-corrected chi connectivity index (χ0v) is 12.1. The van der Waals surface area contributed by atoms with Crippen LogP contribution in [0.3, 0.4) is 0 Å². The number of methoxy groups -OCH3 is 1. The zero-order chi connectivity index (χ0) is 14.2. The number of nitrogens with zero attached hydrogens (tertiary/aromatic N) is 1.